The summed E-state index contributed by atoms with van der Waals surface area (Å²) in [5.41, 5.74) is -4.84. The van der Waals surface area contributed by atoms with Crippen molar-refractivity contribution in [1.29, 1.82) is 0 Å². The quantitative estimate of drug-likeness (QED) is 0.259. The van der Waals surface area contributed by atoms with Gasteiger partial charge in [-0.3, -0.25) is 24.0 Å². The number of carboxylic acid groups (broad SMARTS) is 1. The smallest absolute Gasteiger partial charge is 0.414 e. The average molecular weight is 908 g/mol. The van der Waals surface area contributed by atoms with E-state index in [1.165, 1.54) is 21.1 Å². The van der Waals surface area contributed by atoms with Crippen molar-refractivity contribution in [3.8, 4) is 17.5 Å². The molecule has 1 aromatic heterocycles. The number of fused-ring (bicyclic) bond motifs is 3. The summed E-state index contributed by atoms with van der Waals surface area (Å²) < 4.78 is 96.8. The SMILES string of the molecule is CC[C@@H]1C[C@@H](C)CCC=C[C@@H]2C[C@@]2(C(=O)NS(=O)(=O)C2(C)CC2)NC(=O)[C@@H]2C[C@@H](Oc3nc(OC)cc4cc(OC)ccc34)CN2C(=O)[C@H]1N(C(=O)O)C1(C(F)(F)F)CCCOC1. The van der Waals surface area contributed by atoms with Gasteiger partial charge in [0.25, 0.3) is 5.91 Å². The Morgan fingerprint density at radius 2 is 1.87 bits per heavy atom. The van der Waals surface area contributed by atoms with Gasteiger partial charge in [0.15, 0.2) is 5.54 Å². The molecule has 2 aliphatic carbocycles. The second kappa shape index (κ2) is 17.3. The minimum Gasteiger partial charge on any atom is -0.497 e. The summed E-state index contributed by atoms with van der Waals surface area (Å²) in [5, 5.41) is 14.8. The van der Waals surface area contributed by atoms with Crippen LogP contribution in [0.4, 0.5) is 18.0 Å². The topological polar surface area (TPSA) is 203 Å². The lowest BCUT2D eigenvalue weighted by Gasteiger charge is -2.50. The number of nitrogens with one attached hydrogen (secondary N) is 2. The third-order valence-electron chi connectivity index (χ3n) is 13.7. The minimum atomic E-state index is -5.16. The number of benzene rings is 1. The van der Waals surface area contributed by atoms with Crippen LogP contribution in [0.25, 0.3) is 10.8 Å². The zero-order valence-electron chi connectivity index (χ0n) is 36.0. The molecular formula is C43H56F3N5O11S. The number of pyridine rings is 1. The third kappa shape index (κ3) is 8.72. The van der Waals surface area contributed by atoms with Gasteiger partial charge in [-0.15, -0.1) is 0 Å². The number of halogens is 3. The van der Waals surface area contributed by atoms with Gasteiger partial charge in [0.2, 0.25) is 33.6 Å². The van der Waals surface area contributed by atoms with E-state index in [1.807, 2.05) is 13.0 Å². The number of alkyl halides is 3. The number of rotatable bonds is 10. The summed E-state index contributed by atoms with van der Waals surface area (Å²) in [6.45, 7) is 3.62. The van der Waals surface area contributed by atoms with Crippen LogP contribution in [-0.4, -0.2) is 126 Å². The molecule has 3 aliphatic heterocycles. The molecule has 16 nitrogen and oxygen atoms in total. The number of nitrogens with zero attached hydrogens (tertiary/aromatic N) is 3. The van der Waals surface area contributed by atoms with Crippen LogP contribution in [0.1, 0.15) is 85.0 Å². The van der Waals surface area contributed by atoms with Crippen molar-refractivity contribution in [3.05, 3.63) is 36.4 Å². The number of aromatic nitrogens is 1. The normalized spacial score (nSPS) is 31.1. The second-order valence-electron chi connectivity index (χ2n) is 18.0. The van der Waals surface area contributed by atoms with Gasteiger partial charge >= 0.3 is 12.3 Å². The molecule has 0 radical (unpaired) electrons. The maximum Gasteiger partial charge on any atom is 0.414 e. The number of amides is 4. The van der Waals surface area contributed by atoms with E-state index >= 15 is 18.0 Å². The fourth-order valence-corrected chi connectivity index (χ4v) is 10.8. The Labute approximate surface area is 364 Å². The number of hydrogen-bond donors (Lipinski definition) is 3. The van der Waals surface area contributed by atoms with E-state index in [0.717, 1.165) is 4.90 Å². The Hall–Kier alpha value is -4.85. The highest BCUT2D eigenvalue weighted by molar-refractivity contribution is 7.91. The van der Waals surface area contributed by atoms with Gasteiger partial charge in [-0.25, -0.2) is 13.2 Å². The standard InChI is InChI=1S/C43H56F3N5O11S/c1-6-26-18-25(2)10-7-8-11-28-22-42(28,38(54)49-63(57,58)40(3)15-16-40)48-35(52)32-21-30(62-36-31-13-12-29(59-4)19-27(31)20-33(47-36)60-5)23-50(32)37(53)34(26)51(39(55)56)41(43(44,45)46)14-9-17-61-24-41/h8,11-13,19-20,25-26,28,30,32,34H,6-7,9-10,14-18,21-24H2,1-5H3,(H,48,52)(H,49,54)(H,55,56)/t25-,26+,28+,30+,32-,34-,41?,42+/m0/s1. The highest BCUT2D eigenvalue weighted by Crippen LogP contribution is 2.49. The third-order valence-corrected chi connectivity index (χ3v) is 15.9. The fourth-order valence-electron chi connectivity index (χ4n) is 9.49. The Kier molecular flexibility index (Phi) is 12.6. The molecule has 4 amide bonds. The van der Waals surface area contributed by atoms with E-state index in [9.17, 15) is 27.9 Å². The van der Waals surface area contributed by atoms with E-state index in [1.54, 1.807) is 37.3 Å². The molecule has 63 heavy (non-hydrogen) atoms. The number of sulfonamides is 1. The number of allylic oxidation sites excluding steroid dienone is 1. The molecule has 1 aromatic carbocycles. The zero-order valence-corrected chi connectivity index (χ0v) is 36.9. The summed E-state index contributed by atoms with van der Waals surface area (Å²) >= 11 is 0. The second-order valence-corrected chi connectivity index (χ2v) is 20.2. The average Bonchev–Trinajstić information content (AvgIpc) is 4.12. The van der Waals surface area contributed by atoms with Gasteiger partial charge in [-0.1, -0.05) is 32.4 Å². The maximum atomic E-state index is 15.5. The number of methoxy groups -OCH3 is 2. The molecule has 3 N–H and O–H groups in total. The van der Waals surface area contributed by atoms with Gasteiger partial charge in [0.05, 0.1) is 32.1 Å². The molecule has 2 aromatic rings. The first-order valence-corrected chi connectivity index (χ1v) is 22.9. The lowest BCUT2D eigenvalue weighted by Crippen LogP contribution is -2.71. The zero-order chi connectivity index (χ0) is 45.7. The molecule has 4 fully saturated rings. The van der Waals surface area contributed by atoms with Crippen molar-refractivity contribution in [3.63, 3.8) is 0 Å². The molecule has 2 saturated carbocycles. The van der Waals surface area contributed by atoms with Crippen molar-refractivity contribution >= 4 is 44.6 Å². The molecule has 7 rings (SSSR count). The maximum absolute atomic E-state index is 15.5. The highest BCUT2D eigenvalue weighted by atomic mass is 32.2. The van der Waals surface area contributed by atoms with Gasteiger partial charge < -0.3 is 34.3 Å². The highest BCUT2D eigenvalue weighted by Gasteiger charge is 2.66. The van der Waals surface area contributed by atoms with Gasteiger partial charge in [0.1, 0.15) is 29.5 Å². The summed E-state index contributed by atoms with van der Waals surface area (Å²) in [5.74, 6) is -3.94. The Morgan fingerprint density at radius 3 is 2.49 bits per heavy atom. The largest absolute Gasteiger partial charge is 0.497 e. The number of carbonyl (C=O) groups is 4. The number of ether oxygens (including phenoxy) is 4. The Balaban J connectivity index is 1.33. The molecule has 20 heteroatoms. The summed E-state index contributed by atoms with van der Waals surface area (Å²) in [4.78, 5) is 63.6. The van der Waals surface area contributed by atoms with Crippen LogP contribution in [0.2, 0.25) is 0 Å². The molecule has 8 atom stereocenters. The van der Waals surface area contributed by atoms with Crippen molar-refractivity contribution in [2.75, 3.05) is 34.0 Å². The van der Waals surface area contributed by atoms with Crippen LogP contribution in [0.15, 0.2) is 36.4 Å². The van der Waals surface area contributed by atoms with Gasteiger partial charge in [-0.05, 0) is 93.7 Å². The van der Waals surface area contributed by atoms with E-state index < -0.39 is 105 Å². The monoisotopic (exact) mass is 907 g/mol. The van der Waals surface area contributed by atoms with Crippen molar-refractivity contribution in [2.24, 2.45) is 17.8 Å². The molecule has 0 spiro atoms. The van der Waals surface area contributed by atoms with Gasteiger partial charge in [-0.2, -0.15) is 18.2 Å². The van der Waals surface area contributed by atoms with Crippen LogP contribution in [0.3, 0.4) is 0 Å². The summed E-state index contributed by atoms with van der Waals surface area (Å²) in [6.07, 6.45) is -3.70. The van der Waals surface area contributed by atoms with Crippen LogP contribution in [0.5, 0.6) is 17.5 Å². The van der Waals surface area contributed by atoms with E-state index in [4.69, 9.17) is 18.9 Å². The first-order chi connectivity index (χ1) is 29.7. The molecular weight excluding hydrogens is 852 g/mol. The molecule has 1 unspecified atom stereocenters. The van der Waals surface area contributed by atoms with Crippen molar-refractivity contribution in [2.45, 2.75) is 125 Å². The van der Waals surface area contributed by atoms with Crippen LogP contribution in [-0.2, 0) is 29.1 Å². The number of carbonyl (C=O) groups excluding carboxylic acids is 3. The van der Waals surface area contributed by atoms with Crippen molar-refractivity contribution < 1.29 is 64.8 Å². The van der Waals surface area contributed by atoms with E-state index in [2.05, 4.69) is 15.0 Å². The molecule has 4 heterocycles. The molecule has 2 saturated heterocycles. The fraction of sp³-hybridized carbons (Fsp3) is 0.651. The summed E-state index contributed by atoms with van der Waals surface area (Å²) in [6, 6.07) is 3.28. The Bertz CT molecular complexity index is 2240. The van der Waals surface area contributed by atoms with Crippen LogP contribution >= 0.6 is 0 Å². The number of hydrogen-bond acceptors (Lipinski definition) is 11. The first-order valence-electron chi connectivity index (χ1n) is 21.4. The van der Waals surface area contributed by atoms with Gasteiger partial charge in [0, 0.05) is 30.4 Å². The predicted molar refractivity (Wildman–Crippen MR) is 221 cm³/mol. The van der Waals surface area contributed by atoms with E-state index in [-0.39, 0.29) is 61.3 Å². The predicted octanol–water partition coefficient (Wildman–Crippen LogP) is 5.34. The van der Waals surface area contributed by atoms with Crippen molar-refractivity contribution in [1.82, 2.24) is 24.8 Å². The first kappa shape index (κ1) is 46.2. The molecule has 0 bridgehead atoms. The van der Waals surface area contributed by atoms with Crippen LogP contribution < -0.4 is 24.2 Å². The van der Waals surface area contributed by atoms with Crippen LogP contribution in [0, 0.1) is 17.8 Å². The lowest BCUT2D eigenvalue weighted by molar-refractivity contribution is -0.260. The Morgan fingerprint density at radius 1 is 1.13 bits per heavy atom. The minimum absolute atomic E-state index is 0.0321. The molecule has 5 aliphatic rings. The lowest BCUT2D eigenvalue weighted by atomic mass is 9.80. The summed E-state index contributed by atoms with van der Waals surface area (Å²) in [7, 11) is -1.24. The molecule has 346 valence electrons. The van der Waals surface area contributed by atoms with E-state index in [0.29, 0.717) is 42.2 Å².